The van der Waals surface area contributed by atoms with Crippen LogP contribution in [0.3, 0.4) is 0 Å². The second-order valence-corrected chi connectivity index (χ2v) is 4.11. The van der Waals surface area contributed by atoms with Gasteiger partial charge in [-0.05, 0) is 31.0 Å². The Balaban J connectivity index is 3.08. The van der Waals surface area contributed by atoms with Gasteiger partial charge in [-0.25, -0.2) is 0 Å². The van der Waals surface area contributed by atoms with Crippen molar-refractivity contribution >= 4 is 0 Å². The number of hydrogen-bond donors (Lipinski definition) is 1. The molecule has 1 aromatic rings. The van der Waals surface area contributed by atoms with Gasteiger partial charge < -0.3 is 10.5 Å². The van der Waals surface area contributed by atoms with Gasteiger partial charge in [-0.2, -0.15) is 13.2 Å². The van der Waals surface area contributed by atoms with E-state index in [1.54, 1.807) is 13.0 Å². The second kappa shape index (κ2) is 5.91. The number of hydrogen-bond acceptors (Lipinski definition) is 2. The van der Waals surface area contributed by atoms with E-state index < -0.39 is 11.7 Å². The fourth-order valence-corrected chi connectivity index (χ4v) is 1.57. The first kappa shape index (κ1) is 14.6. The minimum absolute atomic E-state index is 0.0374. The number of halogens is 3. The maximum atomic E-state index is 12.9. The molecule has 18 heavy (non-hydrogen) atoms. The van der Waals surface area contributed by atoms with Gasteiger partial charge in [0.2, 0.25) is 0 Å². The normalized spacial score (nSPS) is 13.2. The third-order valence-corrected chi connectivity index (χ3v) is 2.26. The smallest absolute Gasteiger partial charge is 0.419 e. The molecular formula is C13H16F3NO. The fourth-order valence-electron chi connectivity index (χ4n) is 1.57. The van der Waals surface area contributed by atoms with Crippen molar-refractivity contribution in [3.63, 3.8) is 0 Å². The monoisotopic (exact) mass is 259 g/mol. The summed E-state index contributed by atoms with van der Waals surface area (Å²) in [5.41, 5.74) is 5.35. The Morgan fingerprint density at radius 1 is 1.44 bits per heavy atom. The molecule has 0 saturated heterocycles. The van der Waals surface area contributed by atoms with E-state index in [-0.39, 0.29) is 18.4 Å². The first-order valence-corrected chi connectivity index (χ1v) is 5.54. The van der Waals surface area contributed by atoms with Crippen LogP contribution in [0.5, 0.6) is 5.75 Å². The Labute approximate surface area is 104 Å². The van der Waals surface area contributed by atoms with Gasteiger partial charge in [-0.3, -0.25) is 0 Å². The van der Waals surface area contributed by atoms with Gasteiger partial charge >= 0.3 is 6.18 Å². The molecule has 0 aliphatic rings. The lowest BCUT2D eigenvalue weighted by Crippen LogP contribution is -2.18. The molecule has 0 aliphatic carbocycles. The predicted molar refractivity (Wildman–Crippen MR) is 64.5 cm³/mol. The van der Waals surface area contributed by atoms with E-state index in [0.717, 1.165) is 6.07 Å². The molecule has 1 atom stereocenters. The summed E-state index contributed by atoms with van der Waals surface area (Å²) in [6.07, 6.45) is -2.65. The molecule has 0 amide bonds. The lowest BCUT2D eigenvalue weighted by atomic mass is 10.0. The third-order valence-electron chi connectivity index (χ3n) is 2.26. The predicted octanol–water partition coefficient (Wildman–Crippen LogP) is 3.16. The highest BCUT2D eigenvalue weighted by atomic mass is 19.4. The molecule has 1 unspecified atom stereocenters. The summed E-state index contributed by atoms with van der Waals surface area (Å²) in [4.78, 5) is 0. The first-order chi connectivity index (χ1) is 8.34. The molecule has 1 aromatic carbocycles. The summed E-state index contributed by atoms with van der Waals surface area (Å²) in [5.74, 6) is -0.184. The SMILES string of the molecule is C=CCOc1ccc(CC(C)N)cc1C(F)(F)F. The zero-order chi connectivity index (χ0) is 13.8. The Hall–Kier alpha value is -1.49. The van der Waals surface area contributed by atoms with Crippen LogP contribution in [0.25, 0.3) is 0 Å². The van der Waals surface area contributed by atoms with Crippen LogP contribution in [0.2, 0.25) is 0 Å². The number of benzene rings is 1. The second-order valence-electron chi connectivity index (χ2n) is 4.11. The van der Waals surface area contributed by atoms with Crippen LogP contribution in [-0.2, 0) is 12.6 Å². The minimum Gasteiger partial charge on any atom is -0.489 e. The van der Waals surface area contributed by atoms with Crippen LogP contribution in [0.15, 0.2) is 30.9 Å². The van der Waals surface area contributed by atoms with Gasteiger partial charge in [0.1, 0.15) is 12.4 Å². The molecule has 2 N–H and O–H groups in total. The van der Waals surface area contributed by atoms with E-state index in [2.05, 4.69) is 6.58 Å². The van der Waals surface area contributed by atoms with Gasteiger partial charge in [0.25, 0.3) is 0 Å². The number of nitrogens with two attached hydrogens (primary N) is 1. The average molecular weight is 259 g/mol. The largest absolute Gasteiger partial charge is 0.489 e. The van der Waals surface area contributed by atoms with Crippen LogP contribution in [0, 0.1) is 0 Å². The summed E-state index contributed by atoms with van der Waals surface area (Å²) in [6, 6.07) is 3.81. The lowest BCUT2D eigenvalue weighted by molar-refractivity contribution is -0.138. The van der Waals surface area contributed by atoms with Crippen molar-refractivity contribution in [2.24, 2.45) is 5.73 Å². The molecule has 100 valence electrons. The number of ether oxygens (including phenoxy) is 1. The molecule has 0 bridgehead atoms. The molecule has 0 saturated carbocycles. The molecule has 1 rings (SSSR count). The molecule has 0 spiro atoms. The summed E-state index contributed by atoms with van der Waals surface area (Å²) in [7, 11) is 0. The van der Waals surface area contributed by atoms with Crippen LogP contribution in [-0.4, -0.2) is 12.6 Å². The fraction of sp³-hybridized carbons (Fsp3) is 0.385. The van der Waals surface area contributed by atoms with E-state index in [0.29, 0.717) is 12.0 Å². The van der Waals surface area contributed by atoms with Gasteiger partial charge in [-0.15, -0.1) is 0 Å². The van der Waals surface area contributed by atoms with Crippen LogP contribution >= 0.6 is 0 Å². The summed E-state index contributed by atoms with van der Waals surface area (Å²) in [5, 5.41) is 0. The summed E-state index contributed by atoms with van der Waals surface area (Å²) < 4.78 is 43.6. The maximum Gasteiger partial charge on any atom is 0.419 e. The highest BCUT2D eigenvalue weighted by Crippen LogP contribution is 2.37. The van der Waals surface area contributed by atoms with Crippen molar-refractivity contribution in [2.75, 3.05) is 6.61 Å². The summed E-state index contributed by atoms with van der Waals surface area (Å²) >= 11 is 0. The van der Waals surface area contributed by atoms with E-state index in [4.69, 9.17) is 10.5 Å². The van der Waals surface area contributed by atoms with Gasteiger partial charge in [-0.1, -0.05) is 18.7 Å². The van der Waals surface area contributed by atoms with Crippen molar-refractivity contribution in [3.8, 4) is 5.75 Å². The number of alkyl halides is 3. The van der Waals surface area contributed by atoms with E-state index in [1.807, 2.05) is 0 Å². The Morgan fingerprint density at radius 3 is 2.61 bits per heavy atom. The maximum absolute atomic E-state index is 12.9. The minimum atomic E-state index is -4.44. The lowest BCUT2D eigenvalue weighted by Gasteiger charge is -2.15. The van der Waals surface area contributed by atoms with Crippen molar-refractivity contribution in [3.05, 3.63) is 42.0 Å². The molecular weight excluding hydrogens is 243 g/mol. The molecule has 0 aromatic heterocycles. The van der Waals surface area contributed by atoms with Gasteiger partial charge in [0, 0.05) is 6.04 Å². The highest BCUT2D eigenvalue weighted by Gasteiger charge is 2.34. The Bertz CT molecular complexity index is 413. The molecule has 0 radical (unpaired) electrons. The van der Waals surface area contributed by atoms with Crippen molar-refractivity contribution in [1.29, 1.82) is 0 Å². The van der Waals surface area contributed by atoms with Crippen LogP contribution in [0.4, 0.5) is 13.2 Å². The Kier molecular flexibility index (Phi) is 4.78. The molecule has 0 heterocycles. The quantitative estimate of drug-likeness (QED) is 0.824. The van der Waals surface area contributed by atoms with Crippen molar-refractivity contribution in [2.45, 2.75) is 25.6 Å². The zero-order valence-electron chi connectivity index (χ0n) is 10.1. The van der Waals surface area contributed by atoms with E-state index in [9.17, 15) is 13.2 Å². The van der Waals surface area contributed by atoms with Gasteiger partial charge in [0.05, 0.1) is 5.56 Å². The third kappa shape index (κ3) is 4.07. The topological polar surface area (TPSA) is 35.2 Å². The van der Waals surface area contributed by atoms with E-state index >= 15 is 0 Å². The van der Waals surface area contributed by atoms with Crippen LogP contribution in [0.1, 0.15) is 18.1 Å². The molecule has 0 aliphatic heterocycles. The first-order valence-electron chi connectivity index (χ1n) is 5.54. The highest BCUT2D eigenvalue weighted by molar-refractivity contribution is 5.39. The molecule has 5 heteroatoms. The van der Waals surface area contributed by atoms with Crippen molar-refractivity contribution in [1.82, 2.24) is 0 Å². The van der Waals surface area contributed by atoms with E-state index in [1.165, 1.54) is 12.1 Å². The van der Waals surface area contributed by atoms with Crippen molar-refractivity contribution < 1.29 is 17.9 Å². The number of rotatable bonds is 5. The zero-order valence-corrected chi connectivity index (χ0v) is 10.1. The molecule has 2 nitrogen and oxygen atoms in total. The Morgan fingerprint density at radius 2 is 2.11 bits per heavy atom. The average Bonchev–Trinajstić information content (AvgIpc) is 2.25. The molecule has 0 fully saturated rings. The standard InChI is InChI=1S/C13H16F3NO/c1-3-6-18-12-5-4-10(7-9(2)17)8-11(12)13(14,15)16/h3-5,8-9H,1,6-7,17H2,2H3. The van der Waals surface area contributed by atoms with Crippen LogP contribution < -0.4 is 10.5 Å². The van der Waals surface area contributed by atoms with Gasteiger partial charge in [0.15, 0.2) is 0 Å². The summed E-state index contributed by atoms with van der Waals surface area (Å²) in [6.45, 7) is 5.18.